The molecule has 0 unspecified atom stereocenters. The summed E-state index contributed by atoms with van der Waals surface area (Å²) in [4.78, 5) is 24.2. The predicted molar refractivity (Wildman–Crippen MR) is 102 cm³/mol. The van der Waals surface area contributed by atoms with Gasteiger partial charge in [0, 0.05) is 11.3 Å². The Balaban J connectivity index is 2.03. The van der Waals surface area contributed by atoms with Gasteiger partial charge in [-0.1, -0.05) is 18.2 Å². The molecule has 0 spiro atoms. The van der Waals surface area contributed by atoms with Crippen molar-refractivity contribution in [3.8, 4) is 11.3 Å². The molecule has 8 heteroatoms. The largest absolute Gasteiger partial charge is 0.466 e. The Kier molecular flexibility index (Phi) is 5.27. The fourth-order valence-electron chi connectivity index (χ4n) is 2.93. The molecule has 0 saturated heterocycles. The van der Waals surface area contributed by atoms with Crippen LogP contribution in [0.25, 0.3) is 11.3 Å². The Morgan fingerprint density at radius 3 is 2.48 bits per heavy atom. The lowest BCUT2D eigenvalue weighted by atomic mass is 10.0. The molecular formula is C19H18N2O5S. The molecule has 2 aromatic rings. The van der Waals surface area contributed by atoms with Crippen molar-refractivity contribution in [1.29, 1.82) is 0 Å². The van der Waals surface area contributed by atoms with Gasteiger partial charge < -0.3 is 24.5 Å². The van der Waals surface area contributed by atoms with Crippen LogP contribution in [0.5, 0.6) is 0 Å². The van der Waals surface area contributed by atoms with E-state index in [9.17, 15) is 9.59 Å². The van der Waals surface area contributed by atoms with Crippen LogP contribution in [0.1, 0.15) is 29.1 Å². The van der Waals surface area contributed by atoms with Crippen molar-refractivity contribution in [3.63, 3.8) is 0 Å². The monoisotopic (exact) mass is 386 g/mol. The van der Waals surface area contributed by atoms with E-state index in [-0.39, 0.29) is 0 Å². The van der Waals surface area contributed by atoms with Gasteiger partial charge >= 0.3 is 11.9 Å². The Morgan fingerprint density at radius 2 is 1.78 bits per heavy atom. The zero-order valence-electron chi connectivity index (χ0n) is 15.0. The van der Waals surface area contributed by atoms with E-state index in [2.05, 4.69) is 10.6 Å². The summed E-state index contributed by atoms with van der Waals surface area (Å²) >= 11 is 5.20. The second-order valence-corrected chi connectivity index (χ2v) is 6.21. The van der Waals surface area contributed by atoms with Crippen molar-refractivity contribution in [2.24, 2.45) is 0 Å². The maximum absolute atomic E-state index is 12.2. The molecule has 0 fully saturated rings. The molecule has 0 radical (unpaired) electrons. The number of benzene rings is 1. The van der Waals surface area contributed by atoms with Gasteiger partial charge in [0.15, 0.2) is 5.11 Å². The Labute approximate surface area is 161 Å². The third-order valence-electron chi connectivity index (χ3n) is 4.18. The summed E-state index contributed by atoms with van der Waals surface area (Å²) in [6, 6.07) is 9.81. The number of carbonyl (C=O) groups excluding carboxylic acids is 2. The van der Waals surface area contributed by atoms with E-state index >= 15 is 0 Å². The number of carbonyl (C=O) groups is 2. The molecule has 1 aliphatic heterocycles. The highest BCUT2D eigenvalue weighted by molar-refractivity contribution is 7.80. The number of nitrogens with one attached hydrogen (secondary N) is 2. The molecule has 1 atom stereocenters. The van der Waals surface area contributed by atoms with Crippen LogP contribution in [0.2, 0.25) is 0 Å². The molecule has 1 aliphatic rings. The van der Waals surface area contributed by atoms with E-state index in [1.54, 1.807) is 43.3 Å². The number of furan rings is 1. The Bertz CT molecular complexity index is 947. The van der Waals surface area contributed by atoms with Gasteiger partial charge in [-0.2, -0.15) is 0 Å². The van der Waals surface area contributed by atoms with E-state index in [0.717, 1.165) is 0 Å². The Hall–Kier alpha value is -3.13. The van der Waals surface area contributed by atoms with Crippen molar-refractivity contribution < 1.29 is 23.5 Å². The van der Waals surface area contributed by atoms with Crippen molar-refractivity contribution >= 4 is 29.3 Å². The van der Waals surface area contributed by atoms with Gasteiger partial charge in [0.05, 0.1) is 25.4 Å². The highest BCUT2D eigenvalue weighted by atomic mass is 32.1. The molecule has 2 heterocycles. The molecule has 0 saturated carbocycles. The van der Waals surface area contributed by atoms with Crippen LogP contribution in [-0.2, 0) is 14.3 Å². The van der Waals surface area contributed by atoms with Crippen molar-refractivity contribution in [3.05, 3.63) is 59.0 Å². The van der Waals surface area contributed by atoms with Gasteiger partial charge in [0.1, 0.15) is 17.6 Å². The Morgan fingerprint density at radius 1 is 1.07 bits per heavy atom. The van der Waals surface area contributed by atoms with Crippen LogP contribution in [0.4, 0.5) is 0 Å². The molecule has 3 rings (SSSR count). The number of ether oxygens (including phenoxy) is 2. The van der Waals surface area contributed by atoms with E-state index in [4.69, 9.17) is 26.1 Å². The molecule has 27 heavy (non-hydrogen) atoms. The number of hydrogen-bond acceptors (Lipinski definition) is 6. The first-order valence-corrected chi connectivity index (χ1v) is 8.51. The lowest BCUT2D eigenvalue weighted by molar-refractivity contribution is -0.136. The van der Waals surface area contributed by atoms with Gasteiger partial charge in [-0.3, -0.25) is 0 Å². The predicted octanol–water partition coefficient (Wildman–Crippen LogP) is 2.70. The van der Waals surface area contributed by atoms with E-state index < -0.39 is 18.0 Å². The minimum Gasteiger partial charge on any atom is -0.466 e. The highest BCUT2D eigenvalue weighted by Gasteiger charge is 2.33. The lowest BCUT2D eigenvalue weighted by Crippen LogP contribution is -2.44. The number of thiocarbonyl (C=S) groups is 1. The highest BCUT2D eigenvalue weighted by Crippen LogP contribution is 2.33. The normalized spacial score (nSPS) is 16.4. The summed E-state index contributed by atoms with van der Waals surface area (Å²) in [6.45, 7) is 1.74. The molecule has 0 bridgehead atoms. The first-order valence-electron chi connectivity index (χ1n) is 8.10. The first-order chi connectivity index (χ1) is 13.0. The fourth-order valence-corrected chi connectivity index (χ4v) is 3.20. The van der Waals surface area contributed by atoms with Gasteiger partial charge in [-0.15, -0.1) is 0 Å². The van der Waals surface area contributed by atoms with Crippen LogP contribution in [-0.4, -0.2) is 31.3 Å². The number of esters is 2. The smallest absolute Gasteiger partial charge is 0.338 e. The standard InChI is InChI=1S/C19H18N2O5S/c1-10-15(18(23)25-3)16(21-19(27)20-10)14-9-8-13(26-14)11-6-4-5-7-12(11)17(22)24-2/h4-9,16H,1-3H3,(H2,20,21,27)/t16-/m1/s1. The first kappa shape index (κ1) is 18.7. The maximum atomic E-state index is 12.2. The van der Waals surface area contributed by atoms with Gasteiger partial charge in [0.25, 0.3) is 0 Å². The summed E-state index contributed by atoms with van der Waals surface area (Å²) in [5.41, 5.74) is 1.93. The summed E-state index contributed by atoms with van der Waals surface area (Å²) in [6.07, 6.45) is 0. The quantitative estimate of drug-likeness (QED) is 0.612. The van der Waals surface area contributed by atoms with Crippen molar-refractivity contribution in [2.45, 2.75) is 13.0 Å². The average Bonchev–Trinajstić information content (AvgIpc) is 3.16. The van der Waals surface area contributed by atoms with Gasteiger partial charge in [0.2, 0.25) is 0 Å². The van der Waals surface area contributed by atoms with Crippen LogP contribution in [0.3, 0.4) is 0 Å². The molecule has 0 amide bonds. The summed E-state index contributed by atoms with van der Waals surface area (Å²) < 4.78 is 15.7. The summed E-state index contributed by atoms with van der Waals surface area (Å²) in [5.74, 6) is -0.0176. The molecule has 2 N–H and O–H groups in total. The SMILES string of the molecule is COC(=O)C1=C(C)NC(=S)N[C@@H]1c1ccc(-c2ccccc2C(=O)OC)o1. The van der Waals surface area contributed by atoms with E-state index in [1.807, 2.05) is 0 Å². The lowest BCUT2D eigenvalue weighted by Gasteiger charge is -2.27. The summed E-state index contributed by atoms with van der Waals surface area (Å²) in [5, 5.41) is 6.30. The maximum Gasteiger partial charge on any atom is 0.338 e. The van der Waals surface area contributed by atoms with Crippen LogP contribution in [0, 0.1) is 0 Å². The fraction of sp³-hybridized carbons (Fsp3) is 0.211. The van der Waals surface area contributed by atoms with Crippen molar-refractivity contribution in [2.75, 3.05) is 14.2 Å². The molecular weight excluding hydrogens is 368 g/mol. The van der Waals surface area contributed by atoms with Crippen LogP contribution in [0.15, 0.2) is 52.1 Å². The zero-order chi connectivity index (χ0) is 19.6. The molecule has 140 valence electrons. The topological polar surface area (TPSA) is 89.8 Å². The number of rotatable bonds is 4. The summed E-state index contributed by atoms with van der Waals surface area (Å²) in [7, 11) is 2.63. The molecule has 1 aromatic carbocycles. The van der Waals surface area contributed by atoms with Crippen molar-refractivity contribution in [1.82, 2.24) is 10.6 Å². The molecule has 7 nitrogen and oxygen atoms in total. The average molecular weight is 386 g/mol. The van der Waals surface area contributed by atoms with Crippen LogP contribution >= 0.6 is 12.2 Å². The second-order valence-electron chi connectivity index (χ2n) is 5.80. The zero-order valence-corrected chi connectivity index (χ0v) is 15.8. The third-order valence-corrected chi connectivity index (χ3v) is 4.40. The minimum absolute atomic E-state index is 0.369. The van der Waals surface area contributed by atoms with E-state index in [0.29, 0.717) is 39.0 Å². The third kappa shape index (κ3) is 3.56. The number of allylic oxidation sites excluding steroid dienone is 1. The van der Waals surface area contributed by atoms with E-state index in [1.165, 1.54) is 14.2 Å². The van der Waals surface area contributed by atoms with Gasteiger partial charge in [-0.25, -0.2) is 9.59 Å². The molecule has 0 aliphatic carbocycles. The second kappa shape index (κ2) is 7.63. The number of hydrogen-bond donors (Lipinski definition) is 2. The van der Waals surface area contributed by atoms with Crippen LogP contribution < -0.4 is 10.6 Å². The number of methoxy groups -OCH3 is 2. The minimum atomic E-state index is -0.606. The van der Waals surface area contributed by atoms with Gasteiger partial charge in [-0.05, 0) is 37.3 Å². The molecule has 1 aromatic heterocycles.